The molecule has 2 N–H and O–H groups in total. The minimum Gasteiger partial charge on any atom is -0.465 e. The van der Waals surface area contributed by atoms with E-state index < -0.39 is 0 Å². The Morgan fingerprint density at radius 3 is 2.84 bits per heavy atom. The van der Waals surface area contributed by atoms with Crippen LogP contribution < -0.4 is 5.32 Å². The quantitative estimate of drug-likeness (QED) is 0.830. The van der Waals surface area contributed by atoms with Crippen molar-refractivity contribution in [3.8, 4) is 0 Å². The van der Waals surface area contributed by atoms with Gasteiger partial charge in [-0.25, -0.2) is 4.79 Å². The monoisotopic (exact) mass is 258 g/mol. The Morgan fingerprint density at radius 1 is 1.37 bits per heavy atom. The van der Waals surface area contributed by atoms with Crippen molar-refractivity contribution in [3.63, 3.8) is 0 Å². The number of carbonyl (C=O) groups is 2. The SMILES string of the molecule is COC(=O)c1c[nH]c2cc(NC(=O)C3CC3)ccc12. The lowest BCUT2D eigenvalue weighted by molar-refractivity contribution is -0.117. The van der Waals surface area contributed by atoms with Gasteiger partial charge in [-0.15, -0.1) is 0 Å². The van der Waals surface area contributed by atoms with Crippen molar-refractivity contribution in [1.82, 2.24) is 4.98 Å². The van der Waals surface area contributed by atoms with E-state index in [0.717, 1.165) is 29.4 Å². The first kappa shape index (κ1) is 11.8. The van der Waals surface area contributed by atoms with Gasteiger partial charge in [0.1, 0.15) is 0 Å². The van der Waals surface area contributed by atoms with Gasteiger partial charge in [-0.1, -0.05) is 0 Å². The molecule has 19 heavy (non-hydrogen) atoms. The van der Waals surface area contributed by atoms with Gasteiger partial charge < -0.3 is 15.0 Å². The van der Waals surface area contributed by atoms with Gasteiger partial charge in [-0.3, -0.25) is 4.79 Å². The number of amides is 1. The number of esters is 1. The average Bonchev–Trinajstić information content (AvgIpc) is 3.18. The zero-order valence-electron chi connectivity index (χ0n) is 10.5. The normalized spacial score (nSPS) is 14.4. The molecule has 1 aromatic heterocycles. The number of carbonyl (C=O) groups excluding carboxylic acids is 2. The second kappa shape index (κ2) is 4.42. The Hall–Kier alpha value is -2.30. The first-order valence-corrected chi connectivity index (χ1v) is 6.19. The Labute approximate surface area is 109 Å². The molecule has 0 bridgehead atoms. The van der Waals surface area contributed by atoms with Crippen LogP contribution in [0.25, 0.3) is 10.9 Å². The van der Waals surface area contributed by atoms with E-state index in [0.29, 0.717) is 5.56 Å². The minimum atomic E-state index is -0.374. The third-order valence-corrected chi connectivity index (χ3v) is 3.30. The van der Waals surface area contributed by atoms with Gasteiger partial charge in [0.05, 0.1) is 12.7 Å². The van der Waals surface area contributed by atoms with Crippen molar-refractivity contribution in [3.05, 3.63) is 30.0 Å². The van der Waals surface area contributed by atoms with Crippen molar-refractivity contribution < 1.29 is 14.3 Å². The highest BCUT2D eigenvalue weighted by atomic mass is 16.5. The standard InChI is InChI=1S/C14H14N2O3/c1-19-14(18)11-7-15-12-6-9(4-5-10(11)12)16-13(17)8-2-3-8/h4-8,15H,2-3H2,1H3,(H,16,17). The van der Waals surface area contributed by atoms with Crippen LogP contribution in [-0.2, 0) is 9.53 Å². The van der Waals surface area contributed by atoms with Crippen molar-refractivity contribution in [1.29, 1.82) is 0 Å². The topological polar surface area (TPSA) is 71.2 Å². The molecule has 0 unspecified atom stereocenters. The number of nitrogens with one attached hydrogen (secondary N) is 2. The Bertz CT molecular complexity index is 656. The van der Waals surface area contributed by atoms with E-state index in [9.17, 15) is 9.59 Å². The molecule has 0 atom stereocenters. The summed E-state index contributed by atoms with van der Waals surface area (Å²) in [5.41, 5.74) is 2.04. The number of anilines is 1. The van der Waals surface area contributed by atoms with E-state index in [1.54, 1.807) is 18.3 Å². The molecule has 1 saturated carbocycles. The Morgan fingerprint density at radius 2 is 2.16 bits per heavy atom. The number of aromatic nitrogens is 1. The molecule has 1 aliphatic rings. The maximum Gasteiger partial charge on any atom is 0.340 e. The highest BCUT2D eigenvalue weighted by Gasteiger charge is 2.29. The van der Waals surface area contributed by atoms with E-state index in [-0.39, 0.29) is 17.8 Å². The zero-order chi connectivity index (χ0) is 13.4. The first-order valence-electron chi connectivity index (χ1n) is 6.19. The number of aromatic amines is 1. The molecule has 5 heteroatoms. The maximum atomic E-state index is 11.7. The molecule has 0 spiro atoms. The number of hydrogen-bond acceptors (Lipinski definition) is 3. The van der Waals surface area contributed by atoms with Crippen molar-refractivity contribution in [2.24, 2.45) is 5.92 Å². The molecule has 0 radical (unpaired) electrons. The summed E-state index contributed by atoms with van der Waals surface area (Å²) in [7, 11) is 1.35. The van der Waals surface area contributed by atoms with Crippen LogP contribution in [0.5, 0.6) is 0 Å². The fourth-order valence-electron chi connectivity index (χ4n) is 2.07. The summed E-state index contributed by atoms with van der Waals surface area (Å²) < 4.78 is 4.71. The minimum absolute atomic E-state index is 0.0686. The molecule has 1 fully saturated rings. The van der Waals surface area contributed by atoms with Crippen LogP contribution in [0, 0.1) is 5.92 Å². The Kier molecular flexibility index (Phi) is 2.74. The summed E-state index contributed by atoms with van der Waals surface area (Å²) in [5, 5.41) is 3.66. The van der Waals surface area contributed by atoms with E-state index in [4.69, 9.17) is 4.74 Å². The zero-order valence-corrected chi connectivity index (χ0v) is 10.5. The summed E-state index contributed by atoms with van der Waals surface area (Å²) in [4.78, 5) is 26.2. The number of methoxy groups -OCH3 is 1. The van der Waals surface area contributed by atoms with Gasteiger partial charge in [0, 0.05) is 28.7 Å². The van der Waals surface area contributed by atoms with Crippen LogP contribution in [0.2, 0.25) is 0 Å². The lowest BCUT2D eigenvalue weighted by atomic mass is 10.1. The van der Waals surface area contributed by atoms with Crippen LogP contribution in [0.1, 0.15) is 23.2 Å². The third-order valence-electron chi connectivity index (χ3n) is 3.30. The molecule has 0 aliphatic heterocycles. The fourth-order valence-corrected chi connectivity index (χ4v) is 2.07. The summed E-state index contributed by atoms with van der Waals surface area (Å²) in [5.74, 6) is -0.134. The molecular weight excluding hydrogens is 244 g/mol. The molecule has 1 aliphatic carbocycles. The van der Waals surface area contributed by atoms with E-state index in [1.165, 1.54) is 7.11 Å². The molecule has 0 saturated heterocycles. The van der Waals surface area contributed by atoms with Crippen LogP contribution >= 0.6 is 0 Å². The smallest absolute Gasteiger partial charge is 0.340 e. The van der Waals surface area contributed by atoms with Gasteiger partial charge >= 0.3 is 5.97 Å². The van der Waals surface area contributed by atoms with E-state index in [2.05, 4.69) is 10.3 Å². The van der Waals surface area contributed by atoms with E-state index in [1.807, 2.05) is 6.07 Å². The summed E-state index contributed by atoms with van der Waals surface area (Å²) in [6, 6.07) is 5.42. The largest absolute Gasteiger partial charge is 0.465 e. The van der Waals surface area contributed by atoms with Gasteiger partial charge in [0.2, 0.25) is 5.91 Å². The lowest BCUT2D eigenvalue weighted by Crippen LogP contribution is -2.13. The Balaban J connectivity index is 1.89. The number of fused-ring (bicyclic) bond motifs is 1. The third kappa shape index (κ3) is 2.19. The predicted molar refractivity (Wildman–Crippen MR) is 71.0 cm³/mol. The molecule has 1 amide bonds. The van der Waals surface area contributed by atoms with Crippen LogP contribution in [0.15, 0.2) is 24.4 Å². The van der Waals surface area contributed by atoms with Gasteiger partial charge in [-0.2, -0.15) is 0 Å². The number of benzene rings is 1. The lowest BCUT2D eigenvalue weighted by Gasteiger charge is -2.04. The van der Waals surface area contributed by atoms with Gasteiger partial charge in [0.25, 0.3) is 0 Å². The second-order valence-electron chi connectivity index (χ2n) is 4.72. The molecule has 98 valence electrons. The highest BCUT2D eigenvalue weighted by molar-refractivity contribution is 6.05. The number of rotatable bonds is 3. The van der Waals surface area contributed by atoms with Crippen LogP contribution in [-0.4, -0.2) is 24.0 Å². The molecule has 1 heterocycles. The molecule has 1 aromatic carbocycles. The summed E-state index contributed by atoms with van der Waals surface area (Å²) in [6.45, 7) is 0. The number of H-pyrrole nitrogens is 1. The second-order valence-corrected chi connectivity index (χ2v) is 4.72. The van der Waals surface area contributed by atoms with Crippen molar-refractivity contribution in [2.75, 3.05) is 12.4 Å². The average molecular weight is 258 g/mol. The van der Waals surface area contributed by atoms with Gasteiger partial charge in [0.15, 0.2) is 0 Å². The summed E-state index contributed by atoms with van der Waals surface area (Å²) >= 11 is 0. The molecule has 5 nitrogen and oxygen atoms in total. The van der Waals surface area contributed by atoms with Crippen molar-refractivity contribution in [2.45, 2.75) is 12.8 Å². The molecule has 3 rings (SSSR count). The number of ether oxygens (including phenoxy) is 1. The van der Waals surface area contributed by atoms with Crippen LogP contribution in [0.3, 0.4) is 0 Å². The van der Waals surface area contributed by atoms with Crippen molar-refractivity contribution >= 4 is 28.5 Å². The van der Waals surface area contributed by atoms with Crippen LogP contribution in [0.4, 0.5) is 5.69 Å². The van der Waals surface area contributed by atoms with E-state index >= 15 is 0 Å². The van der Waals surface area contributed by atoms with Gasteiger partial charge in [-0.05, 0) is 31.0 Å². The maximum absolute atomic E-state index is 11.7. The first-order chi connectivity index (χ1) is 9.19. The highest BCUT2D eigenvalue weighted by Crippen LogP contribution is 2.30. The predicted octanol–water partition coefficient (Wildman–Crippen LogP) is 2.30. The fraction of sp³-hybridized carbons (Fsp3) is 0.286. The summed E-state index contributed by atoms with van der Waals surface area (Å²) in [6.07, 6.45) is 3.56. The molecule has 2 aromatic rings. The molecular formula is C14H14N2O3. The number of hydrogen-bond donors (Lipinski definition) is 2.